The Kier molecular flexibility index (Phi) is 4.61. The van der Waals surface area contributed by atoms with Gasteiger partial charge in [0.05, 0.1) is 12.3 Å². The Hall–Kier alpha value is -2.45. The van der Waals surface area contributed by atoms with Gasteiger partial charge in [0, 0.05) is 32.1 Å². The molecule has 7 nitrogen and oxygen atoms in total. The van der Waals surface area contributed by atoms with Crippen LogP contribution in [0.1, 0.15) is 24.1 Å². The molecule has 0 unspecified atom stereocenters. The van der Waals surface area contributed by atoms with E-state index in [1.807, 2.05) is 35.7 Å². The van der Waals surface area contributed by atoms with Crippen LogP contribution >= 0.6 is 11.3 Å². The predicted molar refractivity (Wildman–Crippen MR) is 102 cm³/mol. The number of carbonyl (C=O) groups excluding carboxylic acids is 2. The fraction of sp³-hybridized carbons (Fsp3) is 0.421. The maximum absolute atomic E-state index is 13.0. The summed E-state index contributed by atoms with van der Waals surface area (Å²) in [6.07, 6.45) is 1.14. The number of benzene rings is 1. The average molecular weight is 386 g/mol. The molecule has 1 aromatic heterocycles. The highest BCUT2D eigenvalue weighted by molar-refractivity contribution is 7.13. The number of thiazole rings is 1. The molecule has 3 heterocycles. The molecule has 27 heavy (non-hydrogen) atoms. The highest BCUT2D eigenvalue weighted by Gasteiger charge is 2.56. The van der Waals surface area contributed by atoms with E-state index in [0.29, 0.717) is 38.2 Å². The van der Waals surface area contributed by atoms with E-state index in [2.05, 4.69) is 9.88 Å². The van der Waals surface area contributed by atoms with Crippen LogP contribution in [0.25, 0.3) is 0 Å². The van der Waals surface area contributed by atoms with Gasteiger partial charge in [-0.25, -0.2) is 9.78 Å². The van der Waals surface area contributed by atoms with Crippen molar-refractivity contribution in [3.8, 4) is 0 Å². The predicted octanol–water partition coefficient (Wildman–Crippen LogP) is 2.07. The summed E-state index contributed by atoms with van der Waals surface area (Å²) in [6, 6.07) is 9.55. The fourth-order valence-electron chi connectivity index (χ4n) is 3.93. The molecular formula is C19H22N4O3S. The molecular weight excluding hydrogens is 364 g/mol. The van der Waals surface area contributed by atoms with E-state index < -0.39 is 5.54 Å². The van der Waals surface area contributed by atoms with Crippen molar-refractivity contribution in [2.75, 3.05) is 25.0 Å². The quantitative estimate of drug-likeness (QED) is 0.814. The first-order valence-electron chi connectivity index (χ1n) is 8.99. The number of hydrogen-bond donors (Lipinski definition) is 1. The van der Waals surface area contributed by atoms with Gasteiger partial charge in [0.2, 0.25) is 0 Å². The zero-order chi connectivity index (χ0) is 19.0. The lowest BCUT2D eigenvalue weighted by Crippen LogP contribution is -2.56. The molecule has 1 spiro atoms. The highest BCUT2D eigenvalue weighted by Crippen LogP contribution is 2.39. The Morgan fingerprint density at radius 2 is 1.89 bits per heavy atom. The first-order chi connectivity index (χ1) is 13.0. The summed E-state index contributed by atoms with van der Waals surface area (Å²) in [7, 11) is 1.57. The molecule has 2 saturated heterocycles. The minimum atomic E-state index is -0.782. The van der Waals surface area contributed by atoms with Crippen molar-refractivity contribution >= 4 is 28.4 Å². The van der Waals surface area contributed by atoms with Crippen LogP contribution in [0.4, 0.5) is 9.93 Å². The molecule has 0 bridgehead atoms. The van der Waals surface area contributed by atoms with Crippen LogP contribution in [0, 0.1) is 0 Å². The van der Waals surface area contributed by atoms with E-state index in [0.717, 1.165) is 10.7 Å². The van der Waals surface area contributed by atoms with E-state index in [9.17, 15) is 14.7 Å². The number of imide groups is 1. The maximum Gasteiger partial charge on any atom is 0.327 e. The van der Waals surface area contributed by atoms with E-state index in [-0.39, 0.29) is 18.5 Å². The molecule has 1 N–H and O–H groups in total. The van der Waals surface area contributed by atoms with Crippen molar-refractivity contribution in [1.82, 2.24) is 14.8 Å². The number of piperidine rings is 1. The van der Waals surface area contributed by atoms with Gasteiger partial charge in [-0.1, -0.05) is 30.3 Å². The van der Waals surface area contributed by atoms with Crippen LogP contribution in [-0.2, 0) is 17.9 Å². The third-order valence-electron chi connectivity index (χ3n) is 5.48. The van der Waals surface area contributed by atoms with Gasteiger partial charge in [-0.05, 0) is 18.4 Å². The van der Waals surface area contributed by atoms with E-state index in [4.69, 9.17) is 0 Å². The number of hydrogen-bond acceptors (Lipinski definition) is 6. The molecule has 2 aromatic rings. The van der Waals surface area contributed by atoms with Gasteiger partial charge >= 0.3 is 6.03 Å². The molecule has 3 amide bonds. The number of anilines is 1. The van der Waals surface area contributed by atoms with E-state index in [1.165, 1.54) is 16.2 Å². The molecule has 2 fully saturated rings. The minimum Gasteiger partial charge on any atom is -0.390 e. The van der Waals surface area contributed by atoms with Gasteiger partial charge in [-0.2, -0.15) is 0 Å². The maximum atomic E-state index is 13.0. The Morgan fingerprint density at radius 1 is 1.19 bits per heavy atom. The standard InChI is InChI=1S/C19H22N4O3S/c1-21-16(25)19(23(18(21)26)11-14-5-3-2-4-6-14)7-9-22(10-8-19)17-20-15(12-24)13-27-17/h2-6,13,24H,7-12H2,1H3. The second-order valence-corrected chi connectivity index (χ2v) is 7.85. The van der Waals surface area contributed by atoms with Crippen molar-refractivity contribution in [3.63, 3.8) is 0 Å². The number of aliphatic hydroxyl groups is 1. The molecule has 2 aliphatic heterocycles. The summed E-state index contributed by atoms with van der Waals surface area (Å²) in [6.45, 7) is 1.66. The van der Waals surface area contributed by atoms with Crippen molar-refractivity contribution < 1.29 is 14.7 Å². The topological polar surface area (TPSA) is 77.0 Å². The molecule has 142 valence electrons. The number of aliphatic hydroxyl groups excluding tert-OH is 1. The van der Waals surface area contributed by atoms with Crippen LogP contribution < -0.4 is 4.90 Å². The molecule has 2 aliphatic rings. The molecule has 4 rings (SSSR count). The lowest BCUT2D eigenvalue weighted by atomic mass is 9.85. The van der Waals surface area contributed by atoms with Crippen molar-refractivity contribution in [2.24, 2.45) is 0 Å². The van der Waals surface area contributed by atoms with Gasteiger partial charge in [-0.15, -0.1) is 11.3 Å². The number of nitrogens with zero attached hydrogens (tertiary/aromatic N) is 4. The van der Waals surface area contributed by atoms with E-state index >= 15 is 0 Å². The number of aromatic nitrogens is 1. The van der Waals surface area contributed by atoms with Gasteiger partial charge in [0.1, 0.15) is 5.54 Å². The van der Waals surface area contributed by atoms with Crippen molar-refractivity contribution in [1.29, 1.82) is 0 Å². The summed E-state index contributed by atoms with van der Waals surface area (Å²) in [4.78, 5) is 35.3. The smallest absolute Gasteiger partial charge is 0.327 e. The molecule has 0 saturated carbocycles. The summed E-state index contributed by atoms with van der Waals surface area (Å²) in [5.41, 5.74) is 0.894. The SMILES string of the molecule is CN1C(=O)N(Cc2ccccc2)C2(CCN(c3nc(CO)cs3)CC2)C1=O. The van der Waals surface area contributed by atoms with Gasteiger partial charge in [0.15, 0.2) is 5.13 Å². The number of amides is 3. The van der Waals surface area contributed by atoms with Crippen LogP contribution in [0.2, 0.25) is 0 Å². The van der Waals surface area contributed by atoms with Crippen LogP contribution in [-0.4, -0.2) is 57.5 Å². The fourth-order valence-corrected chi connectivity index (χ4v) is 4.80. The number of carbonyl (C=O) groups is 2. The normalized spacial score (nSPS) is 19.4. The summed E-state index contributed by atoms with van der Waals surface area (Å²) in [5.74, 6) is -0.113. The largest absolute Gasteiger partial charge is 0.390 e. The molecule has 0 atom stereocenters. The second kappa shape index (κ2) is 6.94. The first-order valence-corrected chi connectivity index (χ1v) is 9.87. The monoisotopic (exact) mass is 386 g/mol. The molecule has 1 aromatic carbocycles. The summed E-state index contributed by atoms with van der Waals surface area (Å²) >= 11 is 1.50. The average Bonchev–Trinajstić information content (AvgIpc) is 3.25. The Balaban J connectivity index is 1.56. The zero-order valence-electron chi connectivity index (χ0n) is 15.2. The Labute approximate surface area is 161 Å². The lowest BCUT2D eigenvalue weighted by Gasteiger charge is -2.42. The molecule has 0 aliphatic carbocycles. The highest BCUT2D eigenvalue weighted by atomic mass is 32.1. The van der Waals surface area contributed by atoms with Gasteiger partial charge in [0.25, 0.3) is 5.91 Å². The minimum absolute atomic E-state index is 0.0725. The van der Waals surface area contributed by atoms with Gasteiger partial charge < -0.3 is 14.9 Å². The van der Waals surface area contributed by atoms with Crippen LogP contribution in [0.5, 0.6) is 0 Å². The lowest BCUT2D eigenvalue weighted by molar-refractivity contribution is -0.133. The van der Waals surface area contributed by atoms with E-state index in [1.54, 1.807) is 11.9 Å². The third-order valence-corrected chi connectivity index (χ3v) is 6.43. The third kappa shape index (κ3) is 2.98. The first kappa shape index (κ1) is 17.9. The van der Waals surface area contributed by atoms with Crippen LogP contribution in [0.15, 0.2) is 35.7 Å². The Bertz CT molecular complexity index is 846. The second-order valence-electron chi connectivity index (χ2n) is 7.02. The summed E-state index contributed by atoms with van der Waals surface area (Å²) < 4.78 is 0. The van der Waals surface area contributed by atoms with Gasteiger partial charge in [-0.3, -0.25) is 9.69 Å². The van der Waals surface area contributed by atoms with Crippen molar-refractivity contribution in [2.45, 2.75) is 31.5 Å². The molecule has 0 radical (unpaired) electrons. The summed E-state index contributed by atoms with van der Waals surface area (Å²) in [5, 5.41) is 11.9. The number of likely N-dealkylation sites (N-methyl/N-ethyl adjacent to an activating group) is 1. The molecule has 8 heteroatoms. The van der Waals surface area contributed by atoms with Crippen LogP contribution in [0.3, 0.4) is 0 Å². The van der Waals surface area contributed by atoms with Crippen molar-refractivity contribution in [3.05, 3.63) is 47.0 Å². The number of urea groups is 1. The zero-order valence-corrected chi connectivity index (χ0v) is 16.0. The number of rotatable bonds is 4. The Morgan fingerprint density at radius 3 is 2.52 bits per heavy atom.